The number of oxazole rings is 1. The Labute approximate surface area is 116 Å². The van der Waals surface area contributed by atoms with Gasteiger partial charge in [-0.3, -0.25) is 0 Å². The third-order valence-electron chi connectivity index (χ3n) is 3.61. The van der Waals surface area contributed by atoms with Gasteiger partial charge in [0.15, 0.2) is 0 Å². The van der Waals surface area contributed by atoms with E-state index in [0.717, 1.165) is 18.4 Å². The number of carbonyl (C=O) groups excluding carboxylic acids is 1. The van der Waals surface area contributed by atoms with Gasteiger partial charge in [-0.15, -0.1) is 0 Å². The molecule has 1 aliphatic carbocycles. The van der Waals surface area contributed by atoms with Crippen molar-refractivity contribution in [3.05, 3.63) is 47.5 Å². The molecule has 5 nitrogen and oxygen atoms in total. The summed E-state index contributed by atoms with van der Waals surface area (Å²) in [7, 11) is 0. The zero-order valence-corrected chi connectivity index (χ0v) is 11.3. The van der Waals surface area contributed by atoms with Crippen LogP contribution in [-0.4, -0.2) is 17.6 Å². The summed E-state index contributed by atoms with van der Waals surface area (Å²) in [5.74, 6) is -0.00577. The lowest BCUT2D eigenvalue weighted by molar-refractivity contribution is 0.0521. The molecule has 20 heavy (non-hydrogen) atoms. The molecule has 1 saturated carbocycles. The molecule has 2 N–H and O–H groups in total. The summed E-state index contributed by atoms with van der Waals surface area (Å²) in [5.41, 5.74) is 6.72. The van der Waals surface area contributed by atoms with Gasteiger partial charge in [-0.1, -0.05) is 30.3 Å². The molecule has 1 aliphatic rings. The molecular formula is C15H16N2O3. The molecule has 1 aromatic heterocycles. The summed E-state index contributed by atoms with van der Waals surface area (Å²) in [5, 5.41) is 0. The Balaban J connectivity index is 1.96. The quantitative estimate of drug-likeness (QED) is 0.865. The van der Waals surface area contributed by atoms with Crippen LogP contribution in [-0.2, 0) is 10.2 Å². The lowest BCUT2D eigenvalue weighted by Gasteiger charge is -2.10. The minimum absolute atomic E-state index is 0.0284. The maximum atomic E-state index is 11.7. The number of ether oxygens (including phenoxy) is 1. The van der Waals surface area contributed by atoms with Crippen LogP contribution in [0.5, 0.6) is 0 Å². The number of nitrogens with two attached hydrogens (primary N) is 1. The van der Waals surface area contributed by atoms with E-state index in [2.05, 4.69) is 4.98 Å². The monoisotopic (exact) mass is 272 g/mol. The van der Waals surface area contributed by atoms with Gasteiger partial charge in [0.25, 0.3) is 0 Å². The van der Waals surface area contributed by atoms with Crippen molar-refractivity contribution >= 4 is 11.9 Å². The average molecular weight is 272 g/mol. The summed E-state index contributed by atoms with van der Waals surface area (Å²) in [6.07, 6.45) is 1.89. The first kappa shape index (κ1) is 12.7. The Morgan fingerprint density at radius 3 is 2.70 bits per heavy atom. The van der Waals surface area contributed by atoms with Crippen molar-refractivity contribution < 1.29 is 13.9 Å². The van der Waals surface area contributed by atoms with Gasteiger partial charge in [-0.2, -0.15) is 0 Å². The van der Waals surface area contributed by atoms with E-state index in [4.69, 9.17) is 14.9 Å². The smallest absolute Gasteiger partial charge is 0.362 e. The molecular weight excluding hydrogens is 256 g/mol. The fourth-order valence-electron chi connectivity index (χ4n) is 2.39. The first-order valence-electron chi connectivity index (χ1n) is 6.67. The Hall–Kier alpha value is -2.30. The number of hydrogen-bond donors (Lipinski definition) is 1. The number of nitrogens with zero attached hydrogens (tertiary/aromatic N) is 1. The van der Waals surface area contributed by atoms with E-state index in [1.807, 2.05) is 30.3 Å². The number of rotatable bonds is 4. The van der Waals surface area contributed by atoms with Crippen molar-refractivity contribution in [2.45, 2.75) is 25.2 Å². The molecule has 0 atom stereocenters. The van der Waals surface area contributed by atoms with Crippen molar-refractivity contribution in [1.82, 2.24) is 4.98 Å². The minimum atomic E-state index is -0.538. The molecule has 2 aromatic rings. The SMILES string of the molecule is CCOC(=O)c1nc(C2(c3ccccc3)CC2)oc1N. The molecule has 1 fully saturated rings. The second-order valence-corrected chi connectivity index (χ2v) is 4.90. The minimum Gasteiger partial charge on any atom is -0.461 e. The molecule has 1 heterocycles. The van der Waals surface area contributed by atoms with E-state index in [9.17, 15) is 4.79 Å². The predicted molar refractivity (Wildman–Crippen MR) is 73.3 cm³/mol. The molecule has 0 amide bonds. The first-order valence-corrected chi connectivity index (χ1v) is 6.67. The van der Waals surface area contributed by atoms with Crippen LogP contribution < -0.4 is 5.73 Å². The van der Waals surface area contributed by atoms with Gasteiger partial charge in [0, 0.05) is 0 Å². The number of anilines is 1. The fourth-order valence-corrected chi connectivity index (χ4v) is 2.39. The highest BCUT2D eigenvalue weighted by Gasteiger charge is 2.50. The number of nitrogen functional groups attached to an aromatic ring is 1. The fraction of sp³-hybridized carbons (Fsp3) is 0.333. The second kappa shape index (κ2) is 4.67. The third kappa shape index (κ3) is 1.95. The number of benzene rings is 1. The van der Waals surface area contributed by atoms with Crippen molar-refractivity contribution in [2.24, 2.45) is 0 Å². The second-order valence-electron chi connectivity index (χ2n) is 4.90. The van der Waals surface area contributed by atoms with Crippen molar-refractivity contribution in [2.75, 3.05) is 12.3 Å². The van der Waals surface area contributed by atoms with E-state index in [0.29, 0.717) is 5.89 Å². The highest BCUT2D eigenvalue weighted by atomic mass is 16.5. The Kier molecular flexibility index (Phi) is 2.97. The molecule has 0 radical (unpaired) electrons. The van der Waals surface area contributed by atoms with Gasteiger partial charge < -0.3 is 14.9 Å². The van der Waals surface area contributed by atoms with Gasteiger partial charge >= 0.3 is 5.97 Å². The Bertz CT molecular complexity index is 630. The molecule has 0 bridgehead atoms. The van der Waals surface area contributed by atoms with E-state index in [1.54, 1.807) is 6.92 Å². The largest absolute Gasteiger partial charge is 0.461 e. The van der Waals surface area contributed by atoms with Crippen LogP contribution in [0.1, 0.15) is 41.7 Å². The van der Waals surface area contributed by atoms with Crippen LogP contribution in [0, 0.1) is 0 Å². The number of hydrogen-bond acceptors (Lipinski definition) is 5. The van der Waals surface area contributed by atoms with Crippen molar-refractivity contribution in [3.63, 3.8) is 0 Å². The number of aromatic nitrogens is 1. The zero-order chi connectivity index (χ0) is 14.2. The van der Waals surface area contributed by atoms with Crippen LogP contribution in [0.3, 0.4) is 0 Å². The summed E-state index contributed by atoms with van der Waals surface area (Å²) in [6, 6.07) is 10.0. The van der Waals surface area contributed by atoms with E-state index < -0.39 is 5.97 Å². The van der Waals surface area contributed by atoms with Crippen molar-refractivity contribution in [1.29, 1.82) is 0 Å². The molecule has 104 valence electrons. The van der Waals surface area contributed by atoms with Crippen LogP contribution >= 0.6 is 0 Å². The maximum Gasteiger partial charge on any atom is 0.362 e. The molecule has 5 heteroatoms. The highest BCUT2D eigenvalue weighted by Crippen LogP contribution is 2.53. The molecule has 3 rings (SSSR count). The first-order chi connectivity index (χ1) is 9.67. The van der Waals surface area contributed by atoms with Crippen LogP contribution in [0.4, 0.5) is 5.88 Å². The topological polar surface area (TPSA) is 78.3 Å². The average Bonchev–Trinajstić information content (AvgIpc) is 3.18. The van der Waals surface area contributed by atoms with Gasteiger partial charge in [-0.05, 0) is 25.3 Å². The summed E-state index contributed by atoms with van der Waals surface area (Å²) in [4.78, 5) is 16.0. The summed E-state index contributed by atoms with van der Waals surface area (Å²) in [6.45, 7) is 2.02. The van der Waals surface area contributed by atoms with Gasteiger partial charge in [0.1, 0.15) is 0 Å². The van der Waals surface area contributed by atoms with E-state index >= 15 is 0 Å². The highest BCUT2D eigenvalue weighted by molar-refractivity contribution is 5.91. The van der Waals surface area contributed by atoms with Gasteiger partial charge in [0.05, 0.1) is 12.0 Å². The number of esters is 1. The molecule has 0 unspecified atom stereocenters. The normalized spacial score (nSPS) is 15.8. The van der Waals surface area contributed by atoms with Gasteiger partial charge in [-0.25, -0.2) is 9.78 Å². The van der Waals surface area contributed by atoms with E-state index in [-0.39, 0.29) is 23.6 Å². The zero-order valence-electron chi connectivity index (χ0n) is 11.3. The van der Waals surface area contributed by atoms with Crippen molar-refractivity contribution in [3.8, 4) is 0 Å². The Morgan fingerprint density at radius 2 is 2.10 bits per heavy atom. The molecule has 0 spiro atoms. The molecule has 0 saturated heterocycles. The van der Waals surface area contributed by atoms with E-state index in [1.165, 1.54) is 0 Å². The summed E-state index contributed by atoms with van der Waals surface area (Å²) >= 11 is 0. The van der Waals surface area contributed by atoms with Crippen LogP contribution in [0.2, 0.25) is 0 Å². The molecule has 1 aromatic carbocycles. The Morgan fingerprint density at radius 1 is 1.40 bits per heavy atom. The third-order valence-corrected chi connectivity index (χ3v) is 3.61. The van der Waals surface area contributed by atoms with Crippen LogP contribution in [0.15, 0.2) is 34.7 Å². The molecule has 0 aliphatic heterocycles. The lowest BCUT2D eigenvalue weighted by Crippen LogP contribution is -2.11. The number of carbonyl (C=O) groups is 1. The lowest BCUT2D eigenvalue weighted by atomic mass is 9.96. The van der Waals surface area contributed by atoms with Gasteiger partial charge in [0.2, 0.25) is 17.5 Å². The standard InChI is InChI=1S/C15H16N2O3/c1-2-19-13(18)11-12(16)20-14(17-11)15(8-9-15)10-6-4-3-5-7-10/h3-7H,2,8-9,16H2,1H3. The van der Waals surface area contributed by atoms with Crippen LogP contribution in [0.25, 0.3) is 0 Å². The summed E-state index contributed by atoms with van der Waals surface area (Å²) < 4.78 is 10.4. The predicted octanol–water partition coefficient (Wildman–Crippen LogP) is 2.51. The maximum absolute atomic E-state index is 11.7.